The summed E-state index contributed by atoms with van der Waals surface area (Å²) in [5.41, 5.74) is 5.96. The smallest absolute Gasteiger partial charge is 0.225 e. The highest BCUT2D eigenvalue weighted by molar-refractivity contribution is 7.89. The number of carbonyl (C=O) groups is 1. The van der Waals surface area contributed by atoms with E-state index in [1.165, 1.54) is 0 Å². The topological polar surface area (TPSA) is 83.7 Å². The van der Waals surface area contributed by atoms with Gasteiger partial charge in [-0.1, -0.05) is 12.8 Å². The SMILES string of the molecule is CC(N)C1CCN(S(=O)(=O)C2CCCN(C(=O)C3CCCC3)C2)CC1.Cl. The first-order chi connectivity index (χ1) is 11.9. The molecule has 0 aromatic rings. The molecule has 3 aliphatic rings. The first-order valence-electron chi connectivity index (χ1n) is 9.93. The molecular weight excluding hydrogens is 374 g/mol. The number of hydrogen-bond donors (Lipinski definition) is 1. The standard InChI is InChI=1S/C18H33N3O3S.ClH/c1-14(19)15-8-11-21(12-9-15)25(23,24)17-7-4-10-20(13-17)18(22)16-5-2-3-6-16;/h14-17H,2-13,19H2,1H3;1H. The second-order valence-corrected chi connectivity index (χ2v) is 10.4. The van der Waals surface area contributed by atoms with Crippen LogP contribution in [0.15, 0.2) is 0 Å². The summed E-state index contributed by atoms with van der Waals surface area (Å²) in [5.74, 6) is 0.731. The number of halogens is 1. The Morgan fingerprint density at radius 2 is 1.62 bits per heavy atom. The van der Waals surface area contributed by atoms with Crippen LogP contribution in [0.25, 0.3) is 0 Å². The lowest BCUT2D eigenvalue weighted by Crippen LogP contribution is -2.52. The molecule has 3 fully saturated rings. The van der Waals surface area contributed by atoms with E-state index in [2.05, 4.69) is 0 Å². The van der Waals surface area contributed by atoms with E-state index in [1.807, 2.05) is 11.8 Å². The number of piperidine rings is 2. The highest BCUT2D eigenvalue weighted by atomic mass is 35.5. The van der Waals surface area contributed by atoms with Gasteiger partial charge in [0.15, 0.2) is 0 Å². The van der Waals surface area contributed by atoms with Gasteiger partial charge in [-0.3, -0.25) is 4.79 Å². The van der Waals surface area contributed by atoms with Gasteiger partial charge in [0, 0.05) is 38.1 Å². The maximum Gasteiger partial charge on any atom is 0.225 e. The minimum atomic E-state index is -3.33. The zero-order valence-corrected chi connectivity index (χ0v) is 17.4. The predicted molar refractivity (Wildman–Crippen MR) is 106 cm³/mol. The second-order valence-electron chi connectivity index (χ2n) is 8.17. The maximum absolute atomic E-state index is 13.1. The highest BCUT2D eigenvalue weighted by Gasteiger charge is 2.39. The molecule has 152 valence electrons. The van der Waals surface area contributed by atoms with Crippen LogP contribution < -0.4 is 5.73 Å². The van der Waals surface area contributed by atoms with Gasteiger partial charge in [-0.25, -0.2) is 12.7 Å². The molecular formula is C18H34ClN3O3S. The van der Waals surface area contributed by atoms with Gasteiger partial charge in [-0.15, -0.1) is 12.4 Å². The van der Waals surface area contributed by atoms with Crippen molar-refractivity contribution in [3.05, 3.63) is 0 Å². The Hall–Kier alpha value is -0.370. The molecule has 2 aliphatic heterocycles. The van der Waals surface area contributed by atoms with Crippen molar-refractivity contribution in [3.8, 4) is 0 Å². The largest absolute Gasteiger partial charge is 0.341 e. The van der Waals surface area contributed by atoms with E-state index >= 15 is 0 Å². The molecule has 1 aliphatic carbocycles. The van der Waals surface area contributed by atoms with Crippen molar-refractivity contribution in [2.24, 2.45) is 17.6 Å². The Labute approximate surface area is 164 Å². The van der Waals surface area contributed by atoms with E-state index in [-0.39, 0.29) is 30.3 Å². The van der Waals surface area contributed by atoms with Gasteiger partial charge in [0.25, 0.3) is 0 Å². The van der Waals surface area contributed by atoms with Crippen LogP contribution in [0.3, 0.4) is 0 Å². The van der Waals surface area contributed by atoms with Crippen molar-refractivity contribution in [1.82, 2.24) is 9.21 Å². The van der Waals surface area contributed by atoms with Crippen molar-refractivity contribution >= 4 is 28.3 Å². The average Bonchev–Trinajstić information content (AvgIpc) is 3.16. The number of nitrogens with two attached hydrogens (primary N) is 1. The Morgan fingerprint density at radius 3 is 2.19 bits per heavy atom. The van der Waals surface area contributed by atoms with Crippen molar-refractivity contribution in [1.29, 1.82) is 0 Å². The molecule has 2 heterocycles. The van der Waals surface area contributed by atoms with Crippen LogP contribution in [0.5, 0.6) is 0 Å². The Bertz CT molecular complexity index is 570. The summed E-state index contributed by atoms with van der Waals surface area (Å²) in [6, 6.07) is 0.124. The molecule has 26 heavy (non-hydrogen) atoms. The molecule has 2 saturated heterocycles. The molecule has 0 spiro atoms. The first-order valence-corrected chi connectivity index (χ1v) is 11.4. The monoisotopic (exact) mass is 407 g/mol. The van der Waals surface area contributed by atoms with Gasteiger partial charge in [-0.05, 0) is 51.4 Å². The predicted octanol–water partition coefficient (Wildman–Crippen LogP) is 1.98. The van der Waals surface area contributed by atoms with Crippen LogP contribution in [-0.2, 0) is 14.8 Å². The Balaban J connectivity index is 0.00000243. The third-order valence-electron chi connectivity index (χ3n) is 6.42. The van der Waals surface area contributed by atoms with E-state index in [1.54, 1.807) is 4.31 Å². The fraction of sp³-hybridized carbons (Fsp3) is 0.944. The van der Waals surface area contributed by atoms with Crippen LogP contribution in [0.4, 0.5) is 0 Å². The average molecular weight is 408 g/mol. The number of hydrogen-bond acceptors (Lipinski definition) is 4. The summed E-state index contributed by atoms with van der Waals surface area (Å²) in [5, 5.41) is -0.432. The van der Waals surface area contributed by atoms with Gasteiger partial charge in [0.05, 0.1) is 5.25 Å². The molecule has 2 atom stereocenters. The molecule has 2 unspecified atom stereocenters. The molecule has 0 radical (unpaired) electrons. The second kappa shape index (κ2) is 9.22. The van der Waals surface area contributed by atoms with Crippen LogP contribution in [0.1, 0.15) is 58.3 Å². The van der Waals surface area contributed by atoms with Gasteiger partial charge in [0.1, 0.15) is 0 Å². The van der Waals surface area contributed by atoms with Crippen molar-refractivity contribution < 1.29 is 13.2 Å². The lowest BCUT2D eigenvalue weighted by molar-refractivity contribution is -0.136. The number of likely N-dealkylation sites (tertiary alicyclic amines) is 1. The third-order valence-corrected chi connectivity index (χ3v) is 8.73. The van der Waals surface area contributed by atoms with Crippen molar-refractivity contribution in [3.63, 3.8) is 0 Å². The molecule has 0 bridgehead atoms. The summed E-state index contributed by atoms with van der Waals surface area (Å²) in [6.07, 6.45) is 7.33. The van der Waals surface area contributed by atoms with E-state index in [9.17, 15) is 13.2 Å². The van der Waals surface area contributed by atoms with E-state index in [4.69, 9.17) is 5.73 Å². The number of sulfonamides is 1. The zero-order valence-electron chi connectivity index (χ0n) is 15.8. The number of amides is 1. The van der Waals surface area contributed by atoms with Gasteiger partial charge >= 0.3 is 0 Å². The summed E-state index contributed by atoms with van der Waals surface area (Å²) < 4.78 is 27.8. The first kappa shape index (κ1) is 21.9. The van der Waals surface area contributed by atoms with Gasteiger partial charge in [0.2, 0.25) is 15.9 Å². The summed E-state index contributed by atoms with van der Waals surface area (Å²) in [7, 11) is -3.33. The summed E-state index contributed by atoms with van der Waals surface area (Å²) >= 11 is 0. The van der Waals surface area contributed by atoms with Gasteiger partial charge in [-0.2, -0.15) is 0 Å². The third kappa shape index (κ3) is 4.72. The van der Waals surface area contributed by atoms with Crippen molar-refractivity contribution in [2.75, 3.05) is 26.2 Å². The lowest BCUT2D eigenvalue weighted by atomic mass is 9.92. The fourth-order valence-corrected chi connectivity index (χ4v) is 6.65. The molecule has 6 nitrogen and oxygen atoms in total. The molecule has 1 saturated carbocycles. The van der Waals surface area contributed by atoms with Gasteiger partial charge < -0.3 is 10.6 Å². The lowest BCUT2D eigenvalue weighted by Gasteiger charge is -2.39. The van der Waals surface area contributed by atoms with Crippen LogP contribution in [0.2, 0.25) is 0 Å². The minimum absolute atomic E-state index is 0. The summed E-state index contributed by atoms with van der Waals surface area (Å²) in [6.45, 7) is 4.24. The molecule has 2 N–H and O–H groups in total. The Kier molecular flexibility index (Phi) is 7.77. The Morgan fingerprint density at radius 1 is 1.00 bits per heavy atom. The highest BCUT2D eigenvalue weighted by Crippen LogP contribution is 2.30. The molecule has 0 aromatic carbocycles. The summed E-state index contributed by atoms with van der Waals surface area (Å²) in [4.78, 5) is 14.5. The molecule has 8 heteroatoms. The maximum atomic E-state index is 13.1. The molecule has 0 aromatic heterocycles. The minimum Gasteiger partial charge on any atom is -0.341 e. The fourth-order valence-electron chi connectivity index (χ4n) is 4.68. The van der Waals surface area contributed by atoms with Crippen LogP contribution >= 0.6 is 12.4 Å². The van der Waals surface area contributed by atoms with Crippen molar-refractivity contribution in [2.45, 2.75) is 69.6 Å². The number of carbonyl (C=O) groups excluding carboxylic acids is 1. The van der Waals surface area contributed by atoms with E-state index < -0.39 is 15.3 Å². The van der Waals surface area contributed by atoms with E-state index in [0.29, 0.717) is 38.5 Å². The number of rotatable bonds is 4. The molecule has 1 amide bonds. The van der Waals surface area contributed by atoms with Crippen LogP contribution in [-0.4, -0.2) is 61.0 Å². The quantitative estimate of drug-likeness (QED) is 0.772. The molecule has 3 rings (SSSR count). The van der Waals surface area contributed by atoms with E-state index in [0.717, 1.165) is 44.9 Å². The normalized spacial score (nSPS) is 27.9. The number of nitrogens with zero attached hydrogens (tertiary/aromatic N) is 2. The zero-order chi connectivity index (χ0) is 18.0. The van der Waals surface area contributed by atoms with Crippen LogP contribution in [0, 0.1) is 11.8 Å².